The molecule has 5 nitrogen and oxygen atoms in total. The van der Waals surface area contributed by atoms with Crippen molar-refractivity contribution in [3.8, 4) is 0 Å². The number of nitrogens with zero attached hydrogens (tertiary/aromatic N) is 1. The molecule has 2 heterocycles. The van der Waals surface area contributed by atoms with Gasteiger partial charge in [0.05, 0.1) is 5.56 Å². The van der Waals surface area contributed by atoms with Crippen molar-refractivity contribution in [1.82, 2.24) is 15.2 Å². The molecule has 1 fully saturated rings. The van der Waals surface area contributed by atoms with Gasteiger partial charge in [-0.15, -0.1) is 0 Å². The number of halogens is 3. The van der Waals surface area contributed by atoms with E-state index in [2.05, 4.69) is 17.1 Å². The summed E-state index contributed by atoms with van der Waals surface area (Å²) >= 11 is 0. The Morgan fingerprint density at radius 2 is 1.96 bits per heavy atom. The minimum absolute atomic E-state index is 0.0799. The SMILES string of the molecule is CC1CCN(C(CNC(=O)c2cc(C(F)(F)F)c[nH]c2=O)C(C)C)CC1. The van der Waals surface area contributed by atoms with Crippen LogP contribution in [-0.2, 0) is 6.18 Å². The fourth-order valence-corrected chi connectivity index (χ4v) is 3.26. The van der Waals surface area contributed by atoms with Crippen molar-refractivity contribution in [3.05, 3.63) is 33.7 Å². The first-order chi connectivity index (χ1) is 12.1. The molecule has 146 valence electrons. The summed E-state index contributed by atoms with van der Waals surface area (Å²) in [5, 5.41) is 2.64. The van der Waals surface area contributed by atoms with Gasteiger partial charge in [-0.2, -0.15) is 13.2 Å². The first kappa shape index (κ1) is 20.5. The first-order valence-corrected chi connectivity index (χ1v) is 8.91. The Morgan fingerprint density at radius 1 is 1.35 bits per heavy atom. The molecule has 0 radical (unpaired) electrons. The molecule has 1 unspecified atom stereocenters. The van der Waals surface area contributed by atoms with Gasteiger partial charge in [-0.05, 0) is 43.8 Å². The standard InChI is InChI=1S/C18H26F3N3O2/c1-11(2)15(24-6-4-12(3)5-7-24)10-23-17(26)14-8-13(18(19,20)21)9-22-16(14)25/h8-9,11-12,15H,4-7,10H2,1-3H3,(H,22,25)(H,23,26). The van der Waals surface area contributed by atoms with Gasteiger partial charge in [0.25, 0.3) is 11.5 Å². The summed E-state index contributed by atoms with van der Waals surface area (Å²) < 4.78 is 38.4. The molecular formula is C18H26F3N3O2. The lowest BCUT2D eigenvalue weighted by Crippen LogP contribution is -2.50. The third-order valence-electron chi connectivity index (χ3n) is 5.00. The van der Waals surface area contributed by atoms with E-state index in [9.17, 15) is 22.8 Å². The highest BCUT2D eigenvalue weighted by Crippen LogP contribution is 2.28. The van der Waals surface area contributed by atoms with E-state index in [1.807, 2.05) is 18.8 Å². The number of H-pyrrole nitrogens is 1. The predicted molar refractivity (Wildman–Crippen MR) is 93.0 cm³/mol. The molecule has 1 amide bonds. The molecule has 2 N–H and O–H groups in total. The number of aromatic amines is 1. The van der Waals surface area contributed by atoms with E-state index >= 15 is 0 Å². The zero-order valence-corrected chi connectivity index (χ0v) is 15.3. The van der Waals surface area contributed by atoms with Gasteiger partial charge in [-0.3, -0.25) is 14.5 Å². The number of piperidine rings is 1. The van der Waals surface area contributed by atoms with Gasteiger partial charge in [0.2, 0.25) is 0 Å². The van der Waals surface area contributed by atoms with Crippen molar-refractivity contribution in [3.63, 3.8) is 0 Å². The van der Waals surface area contributed by atoms with Crippen molar-refractivity contribution >= 4 is 5.91 Å². The van der Waals surface area contributed by atoms with Crippen LogP contribution in [0.1, 0.15) is 49.5 Å². The summed E-state index contributed by atoms with van der Waals surface area (Å²) in [5.74, 6) is 0.161. The number of nitrogens with one attached hydrogen (secondary N) is 2. The second-order valence-corrected chi connectivity index (χ2v) is 7.37. The Hall–Kier alpha value is -1.83. The monoisotopic (exact) mass is 373 g/mol. The Labute approximate surface area is 151 Å². The number of carbonyl (C=O) groups is 1. The van der Waals surface area contributed by atoms with Gasteiger partial charge >= 0.3 is 6.18 Å². The van der Waals surface area contributed by atoms with Crippen LogP contribution in [0.25, 0.3) is 0 Å². The van der Waals surface area contributed by atoms with E-state index < -0.39 is 28.8 Å². The number of alkyl halides is 3. The Morgan fingerprint density at radius 3 is 2.50 bits per heavy atom. The van der Waals surface area contributed by atoms with E-state index in [0.717, 1.165) is 25.9 Å². The quantitative estimate of drug-likeness (QED) is 0.834. The summed E-state index contributed by atoms with van der Waals surface area (Å²) in [5.41, 5.74) is -2.40. The number of pyridine rings is 1. The van der Waals surface area contributed by atoms with Crippen molar-refractivity contribution in [2.24, 2.45) is 11.8 Å². The van der Waals surface area contributed by atoms with Crippen molar-refractivity contribution < 1.29 is 18.0 Å². The van der Waals surface area contributed by atoms with E-state index in [1.54, 1.807) is 0 Å². The van der Waals surface area contributed by atoms with Crippen molar-refractivity contribution in [1.29, 1.82) is 0 Å². The molecule has 1 saturated heterocycles. The highest BCUT2D eigenvalue weighted by molar-refractivity contribution is 5.94. The molecule has 1 atom stereocenters. The smallest absolute Gasteiger partial charge is 0.350 e. The highest BCUT2D eigenvalue weighted by Gasteiger charge is 2.32. The van der Waals surface area contributed by atoms with Gasteiger partial charge in [0, 0.05) is 18.8 Å². The number of hydrogen-bond acceptors (Lipinski definition) is 3. The van der Waals surface area contributed by atoms with Crippen LogP contribution in [0.2, 0.25) is 0 Å². The summed E-state index contributed by atoms with van der Waals surface area (Å²) in [7, 11) is 0. The minimum Gasteiger partial charge on any atom is -0.350 e. The molecule has 0 aliphatic carbocycles. The molecule has 26 heavy (non-hydrogen) atoms. The van der Waals surface area contributed by atoms with Gasteiger partial charge in [-0.1, -0.05) is 20.8 Å². The Balaban J connectivity index is 2.07. The van der Waals surface area contributed by atoms with Crippen LogP contribution in [0.15, 0.2) is 17.1 Å². The third kappa shape index (κ3) is 5.09. The molecular weight excluding hydrogens is 347 g/mol. The van der Waals surface area contributed by atoms with Gasteiger partial charge < -0.3 is 10.3 Å². The molecule has 1 aromatic heterocycles. The lowest BCUT2D eigenvalue weighted by Gasteiger charge is -2.38. The van der Waals surface area contributed by atoms with Crippen LogP contribution >= 0.6 is 0 Å². The zero-order chi connectivity index (χ0) is 19.5. The van der Waals surface area contributed by atoms with Crippen LogP contribution in [0.5, 0.6) is 0 Å². The molecule has 2 rings (SSSR count). The summed E-state index contributed by atoms with van der Waals surface area (Å²) in [6.45, 7) is 8.47. The minimum atomic E-state index is -4.62. The number of aromatic nitrogens is 1. The van der Waals surface area contributed by atoms with E-state index in [4.69, 9.17) is 0 Å². The van der Waals surface area contributed by atoms with Crippen LogP contribution in [0.3, 0.4) is 0 Å². The predicted octanol–water partition coefficient (Wildman–Crippen LogP) is 2.88. The molecule has 0 bridgehead atoms. The summed E-state index contributed by atoms with van der Waals surface area (Å²) in [6, 6.07) is 0.678. The maximum atomic E-state index is 12.8. The number of amides is 1. The fourth-order valence-electron chi connectivity index (χ4n) is 3.26. The van der Waals surface area contributed by atoms with Gasteiger partial charge in [0.1, 0.15) is 5.56 Å². The normalized spacial score (nSPS) is 18.1. The Bertz CT molecular complexity index is 677. The molecule has 1 aliphatic rings. The number of rotatable bonds is 5. The zero-order valence-electron chi connectivity index (χ0n) is 15.3. The maximum Gasteiger partial charge on any atom is 0.417 e. The lowest BCUT2D eigenvalue weighted by atomic mass is 9.94. The maximum absolute atomic E-state index is 12.8. The second-order valence-electron chi connectivity index (χ2n) is 7.37. The van der Waals surface area contributed by atoms with E-state index in [0.29, 0.717) is 24.7 Å². The number of likely N-dealkylation sites (tertiary alicyclic amines) is 1. The van der Waals surface area contributed by atoms with Crippen LogP contribution in [-0.4, -0.2) is 41.5 Å². The molecule has 1 aliphatic heterocycles. The topological polar surface area (TPSA) is 65.2 Å². The molecule has 1 aromatic rings. The fraction of sp³-hybridized carbons (Fsp3) is 0.667. The highest BCUT2D eigenvalue weighted by atomic mass is 19.4. The molecule has 0 saturated carbocycles. The van der Waals surface area contributed by atoms with Gasteiger partial charge in [0.15, 0.2) is 0 Å². The average Bonchev–Trinajstić information content (AvgIpc) is 2.55. The molecule has 0 aromatic carbocycles. The largest absolute Gasteiger partial charge is 0.417 e. The number of hydrogen-bond donors (Lipinski definition) is 2. The molecule has 0 spiro atoms. The average molecular weight is 373 g/mol. The van der Waals surface area contributed by atoms with Gasteiger partial charge in [-0.25, -0.2) is 0 Å². The Kier molecular flexibility index (Phi) is 6.49. The van der Waals surface area contributed by atoms with E-state index in [1.165, 1.54) is 0 Å². The second kappa shape index (κ2) is 8.24. The summed E-state index contributed by atoms with van der Waals surface area (Å²) in [4.78, 5) is 28.3. The molecule has 8 heteroatoms. The number of carbonyl (C=O) groups excluding carboxylic acids is 1. The van der Waals surface area contributed by atoms with E-state index in [-0.39, 0.29) is 12.0 Å². The van der Waals surface area contributed by atoms with Crippen LogP contribution in [0, 0.1) is 11.8 Å². The van der Waals surface area contributed by atoms with Crippen LogP contribution in [0.4, 0.5) is 13.2 Å². The van der Waals surface area contributed by atoms with Crippen LogP contribution < -0.4 is 10.9 Å². The lowest BCUT2D eigenvalue weighted by molar-refractivity contribution is -0.137. The van der Waals surface area contributed by atoms with Crippen molar-refractivity contribution in [2.45, 2.75) is 45.8 Å². The third-order valence-corrected chi connectivity index (χ3v) is 5.00. The first-order valence-electron chi connectivity index (χ1n) is 8.91. The van der Waals surface area contributed by atoms with Crippen molar-refractivity contribution in [2.75, 3.05) is 19.6 Å². The summed E-state index contributed by atoms with van der Waals surface area (Å²) in [6.07, 6.45) is -1.87.